The highest BCUT2D eigenvalue weighted by atomic mass is 127. The van der Waals surface area contributed by atoms with Crippen LogP contribution in [0, 0.1) is 3.57 Å². The summed E-state index contributed by atoms with van der Waals surface area (Å²) in [5.41, 5.74) is 6.97. The quantitative estimate of drug-likeness (QED) is 0.800. The normalized spacial score (nSPS) is 19.2. The summed E-state index contributed by atoms with van der Waals surface area (Å²) in [6.07, 6.45) is 2.55. The number of carbonyl (C=O) groups is 1. The molecule has 1 amide bonds. The van der Waals surface area contributed by atoms with Gasteiger partial charge in [-0.1, -0.05) is 12.1 Å². The third-order valence-electron chi connectivity index (χ3n) is 3.05. The Bertz CT molecular complexity index is 414. The molecule has 1 heterocycles. The monoisotopic (exact) mass is 380 g/mol. The molecule has 1 unspecified atom stereocenters. The standard InChI is InChI=1S/C13H17IN2O.ClH/c14-11-4-1-3-10(7-11)8-13(17)16-6-2-5-12(15)9-16;/h1,3-4,7,12H,2,5-6,8-9,15H2;1H. The molecule has 3 nitrogen and oxygen atoms in total. The van der Waals surface area contributed by atoms with E-state index < -0.39 is 0 Å². The van der Waals surface area contributed by atoms with Crippen LogP contribution < -0.4 is 5.73 Å². The maximum Gasteiger partial charge on any atom is 0.227 e. The average Bonchev–Trinajstić information content (AvgIpc) is 2.29. The smallest absolute Gasteiger partial charge is 0.227 e. The van der Waals surface area contributed by atoms with Crippen LogP contribution in [0.2, 0.25) is 0 Å². The number of hydrogen-bond acceptors (Lipinski definition) is 2. The molecule has 1 atom stereocenters. The van der Waals surface area contributed by atoms with Gasteiger partial charge in [0.25, 0.3) is 0 Å². The number of halogens is 2. The van der Waals surface area contributed by atoms with Gasteiger partial charge in [0.2, 0.25) is 5.91 Å². The second-order valence-corrected chi connectivity index (χ2v) is 5.79. The van der Waals surface area contributed by atoms with Crippen LogP contribution in [0.1, 0.15) is 18.4 Å². The van der Waals surface area contributed by atoms with E-state index in [9.17, 15) is 4.79 Å². The Labute approximate surface area is 128 Å². The SMILES string of the molecule is Cl.NC1CCCN(C(=O)Cc2cccc(I)c2)C1. The lowest BCUT2D eigenvalue weighted by Gasteiger charge is -2.30. The van der Waals surface area contributed by atoms with Crippen molar-refractivity contribution in [2.45, 2.75) is 25.3 Å². The summed E-state index contributed by atoms with van der Waals surface area (Å²) >= 11 is 2.27. The summed E-state index contributed by atoms with van der Waals surface area (Å²) in [6, 6.07) is 8.24. The topological polar surface area (TPSA) is 46.3 Å². The number of piperidine rings is 1. The van der Waals surface area contributed by atoms with Crippen LogP contribution >= 0.6 is 35.0 Å². The molecular formula is C13H18ClIN2O. The highest BCUT2D eigenvalue weighted by molar-refractivity contribution is 14.1. The Morgan fingerprint density at radius 2 is 2.28 bits per heavy atom. The van der Waals surface area contributed by atoms with Crippen molar-refractivity contribution in [1.29, 1.82) is 0 Å². The van der Waals surface area contributed by atoms with E-state index in [4.69, 9.17) is 5.73 Å². The summed E-state index contributed by atoms with van der Waals surface area (Å²) in [6.45, 7) is 1.57. The number of amides is 1. The molecule has 1 saturated heterocycles. The van der Waals surface area contributed by atoms with Crippen LogP contribution in [0.25, 0.3) is 0 Å². The van der Waals surface area contributed by atoms with Crippen molar-refractivity contribution in [3.8, 4) is 0 Å². The van der Waals surface area contributed by atoms with Crippen LogP contribution in [-0.4, -0.2) is 29.9 Å². The van der Waals surface area contributed by atoms with Gasteiger partial charge in [-0.05, 0) is 53.1 Å². The van der Waals surface area contributed by atoms with Gasteiger partial charge in [-0.3, -0.25) is 4.79 Å². The maximum absolute atomic E-state index is 12.1. The lowest BCUT2D eigenvalue weighted by Crippen LogP contribution is -2.46. The zero-order valence-electron chi connectivity index (χ0n) is 10.1. The Kier molecular flexibility index (Phi) is 6.38. The number of hydrogen-bond donors (Lipinski definition) is 1. The van der Waals surface area contributed by atoms with Crippen molar-refractivity contribution >= 4 is 40.9 Å². The predicted molar refractivity (Wildman–Crippen MR) is 83.9 cm³/mol. The van der Waals surface area contributed by atoms with E-state index in [1.807, 2.05) is 23.1 Å². The molecule has 5 heteroatoms. The first-order valence-corrected chi connectivity index (χ1v) is 7.01. The van der Waals surface area contributed by atoms with Crippen molar-refractivity contribution in [3.63, 3.8) is 0 Å². The van der Waals surface area contributed by atoms with E-state index in [2.05, 4.69) is 28.7 Å². The van der Waals surface area contributed by atoms with E-state index in [1.54, 1.807) is 0 Å². The minimum absolute atomic E-state index is 0. The molecule has 1 aliphatic rings. The van der Waals surface area contributed by atoms with Crippen LogP contribution in [-0.2, 0) is 11.2 Å². The summed E-state index contributed by atoms with van der Waals surface area (Å²) in [5.74, 6) is 0.196. The van der Waals surface area contributed by atoms with Gasteiger partial charge in [0, 0.05) is 22.7 Å². The first-order chi connectivity index (χ1) is 8.15. The van der Waals surface area contributed by atoms with Gasteiger partial charge in [-0.25, -0.2) is 0 Å². The van der Waals surface area contributed by atoms with E-state index in [-0.39, 0.29) is 24.4 Å². The molecule has 18 heavy (non-hydrogen) atoms. The van der Waals surface area contributed by atoms with Crippen molar-refractivity contribution in [2.75, 3.05) is 13.1 Å². The van der Waals surface area contributed by atoms with Gasteiger partial charge < -0.3 is 10.6 Å². The van der Waals surface area contributed by atoms with Crippen molar-refractivity contribution < 1.29 is 4.79 Å². The molecule has 0 spiro atoms. The highest BCUT2D eigenvalue weighted by Crippen LogP contribution is 2.12. The first kappa shape index (κ1) is 15.7. The second-order valence-electron chi connectivity index (χ2n) is 4.55. The molecule has 100 valence electrons. The van der Waals surface area contributed by atoms with Crippen LogP contribution in [0.5, 0.6) is 0 Å². The zero-order chi connectivity index (χ0) is 12.3. The Hall–Kier alpha value is -0.330. The van der Waals surface area contributed by atoms with Gasteiger partial charge in [0.05, 0.1) is 6.42 Å². The summed E-state index contributed by atoms with van der Waals surface area (Å²) in [5, 5.41) is 0. The predicted octanol–water partition coefficient (Wildman–Crippen LogP) is 2.21. The van der Waals surface area contributed by atoms with Crippen molar-refractivity contribution in [1.82, 2.24) is 4.90 Å². The largest absolute Gasteiger partial charge is 0.341 e. The number of nitrogens with zero attached hydrogens (tertiary/aromatic N) is 1. The highest BCUT2D eigenvalue weighted by Gasteiger charge is 2.21. The van der Waals surface area contributed by atoms with Crippen LogP contribution in [0.15, 0.2) is 24.3 Å². The summed E-state index contributed by atoms with van der Waals surface area (Å²) < 4.78 is 1.17. The van der Waals surface area contributed by atoms with Crippen molar-refractivity contribution in [3.05, 3.63) is 33.4 Å². The fourth-order valence-corrected chi connectivity index (χ4v) is 2.78. The molecule has 1 fully saturated rings. The van der Waals surface area contributed by atoms with Crippen molar-refractivity contribution in [2.24, 2.45) is 5.73 Å². The summed E-state index contributed by atoms with van der Waals surface area (Å²) in [7, 11) is 0. The third-order valence-corrected chi connectivity index (χ3v) is 3.73. The van der Waals surface area contributed by atoms with Gasteiger partial charge in [-0.2, -0.15) is 0 Å². The lowest BCUT2D eigenvalue weighted by molar-refractivity contribution is -0.131. The average molecular weight is 381 g/mol. The number of carbonyl (C=O) groups excluding carboxylic acids is 1. The second kappa shape index (κ2) is 7.31. The molecule has 0 aromatic heterocycles. The lowest BCUT2D eigenvalue weighted by atomic mass is 10.1. The summed E-state index contributed by atoms with van der Waals surface area (Å²) in [4.78, 5) is 14.0. The van der Waals surface area contributed by atoms with E-state index in [0.29, 0.717) is 13.0 Å². The molecule has 2 N–H and O–H groups in total. The number of nitrogens with two attached hydrogens (primary N) is 1. The number of rotatable bonds is 2. The molecule has 1 aromatic rings. The third kappa shape index (κ3) is 4.40. The minimum Gasteiger partial charge on any atom is -0.341 e. The fourth-order valence-electron chi connectivity index (χ4n) is 2.17. The molecule has 1 aliphatic heterocycles. The van der Waals surface area contributed by atoms with Crippen LogP contribution in [0.3, 0.4) is 0 Å². The number of benzene rings is 1. The molecule has 0 aliphatic carbocycles. The molecule has 1 aromatic carbocycles. The fraction of sp³-hybridized carbons (Fsp3) is 0.462. The Morgan fingerprint density at radius 1 is 1.50 bits per heavy atom. The Morgan fingerprint density at radius 3 is 2.94 bits per heavy atom. The molecule has 2 rings (SSSR count). The number of likely N-dealkylation sites (tertiary alicyclic amines) is 1. The van der Waals surface area contributed by atoms with Gasteiger partial charge in [0.15, 0.2) is 0 Å². The molecule has 0 saturated carbocycles. The zero-order valence-corrected chi connectivity index (χ0v) is 13.1. The Balaban J connectivity index is 0.00000162. The van der Waals surface area contributed by atoms with Gasteiger partial charge in [-0.15, -0.1) is 12.4 Å². The molecular weight excluding hydrogens is 363 g/mol. The minimum atomic E-state index is 0. The van der Waals surface area contributed by atoms with Crippen LogP contribution in [0.4, 0.5) is 0 Å². The van der Waals surface area contributed by atoms with Gasteiger partial charge >= 0.3 is 0 Å². The van der Waals surface area contributed by atoms with Gasteiger partial charge in [0.1, 0.15) is 0 Å². The maximum atomic E-state index is 12.1. The van der Waals surface area contributed by atoms with E-state index in [1.165, 1.54) is 3.57 Å². The van der Waals surface area contributed by atoms with E-state index in [0.717, 1.165) is 24.9 Å². The molecule has 0 radical (unpaired) electrons. The first-order valence-electron chi connectivity index (χ1n) is 5.93. The molecule has 0 bridgehead atoms. The van der Waals surface area contributed by atoms with E-state index >= 15 is 0 Å².